The van der Waals surface area contributed by atoms with Crippen molar-refractivity contribution < 1.29 is 0 Å². The van der Waals surface area contributed by atoms with E-state index in [1.807, 2.05) is 35.9 Å². The number of hydrogen-bond donors (Lipinski definition) is 2. The normalized spacial score (nSPS) is 12.2. The van der Waals surface area contributed by atoms with Crippen LogP contribution in [0.4, 0.5) is 0 Å². The van der Waals surface area contributed by atoms with Crippen LogP contribution in [0.1, 0.15) is 35.5 Å². The van der Waals surface area contributed by atoms with Crippen LogP contribution in [0.25, 0.3) is 5.69 Å². The molecule has 2 aromatic carbocycles. The van der Waals surface area contributed by atoms with Gasteiger partial charge in [0, 0.05) is 19.3 Å². The molecular formula is C22H28IN5. The lowest BCUT2D eigenvalue weighted by atomic mass is 10.1. The van der Waals surface area contributed by atoms with E-state index in [0.717, 1.165) is 23.0 Å². The molecule has 0 saturated carbocycles. The van der Waals surface area contributed by atoms with Crippen molar-refractivity contribution in [2.45, 2.75) is 33.4 Å². The molecule has 0 bridgehead atoms. The van der Waals surface area contributed by atoms with Gasteiger partial charge in [-0.15, -0.1) is 24.0 Å². The first kappa shape index (κ1) is 21.9. The standard InChI is InChI=1S/C22H27N5.HI/c1-16-14-17(2)27(26-16)21-13-9-8-12-20(21)15-24-22(23-4)25-18(3)19-10-6-5-7-11-19;/h5-14,18H,15H2,1-4H3,(H2,23,24,25);1H. The summed E-state index contributed by atoms with van der Waals surface area (Å²) < 4.78 is 2.00. The maximum absolute atomic E-state index is 4.62. The van der Waals surface area contributed by atoms with E-state index in [4.69, 9.17) is 0 Å². The van der Waals surface area contributed by atoms with Gasteiger partial charge in [0.15, 0.2) is 5.96 Å². The molecule has 28 heavy (non-hydrogen) atoms. The highest BCUT2D eigenvalue weighted by Crippen LogP contribution is 2.17. The first-order chi connectivity index (χ1) is 13.1. The summed E-state index contributed by atoms with van der Waals surface area (Å²) in [5.41, 5.74) is 5.62. The second-order valence-corrected chi connectivity index (χ2v) is 6.67. The number of nitrogens with zero attached hydrogens (tertiary/aromatic N) is 3. The number of nitrogens with one attached hydrogen (secondary N) is 2. The molecule has 0 amide bonds. The van der Waals surface area contributed by atoms with Crippen LogP contribution in [0, 0.1) is 13.8 Å². The van der Waals surface area contributed by atoms with E-state index in [1.165, 1.54) is 11.1 Å². The van der Waals surface area contributed by atoms with Crippen LogP contribution < -0.4 is 10.6 Å². The van der Waals surface area contributed by atoms with Crippen molar-refractivity contribution in [1.29, 1.82) is 0 Å². The minimum atomic E-state index is 0. The number of para-hydroxylation sites is 1. The predicted octanol–water partition coefficient (Wildman–Crippen LogP) is 4.53. The van der Waals surface area contributed by atoms with E-state index >= 15 is 0 Å². The predicted molar refractivity (Wildman–Crippen MR) is 127 cm³/mol. The van der Waals surface area contributed by atoms with Crippen LogP contribution in [0.2, 0.25) is 0 Å². The second kappa shape index (κ2) is 10.3. The molecule has 3 aromatic rings. The highest BCUT2D eigenvalue weighted by molar-refractivity contribution is 14.0. The zero-order valence-electron chi connectivity index (χ0n) is 16.8. The van der Waals surface area contributed by atoms with E-state index in [-0.39, 0.29) is 30.0 Å². The van der Waals surface area contributed by atoms with Gasteiger partial charge in [-0.2, -0.15) is 5.10 Å². The van der Waals surface area contributed by atoms with Crippen molar-refractivity contribution in [3.63, 3.8) is 0 Å². The summed E-state index contributed by atoms with van der Waals surface area (Å²) in [5.74, 6) is 0.773. The first-order valence-corrected chi connectivity index (χ1v) is 9.22. The van der Waals surface area contributed by atoms with Crippen molar-refractivity contribution in [1.82, 2.24) is 20.4 Å². The van der Waals surface area contributed by atoms with Gasteiger partial charge in [0.2, 0.25) is 0 Å². The van der Waals surface area contributed by atoms with Crippen LogP contribution in [0.15, 0.2) is 65.7 Å². The zero-order chi connectivity index (χ0) is 19.2. The van der Waals surface area contributed by atoms with E-state index in [1.54, 1.807) is 7.05 Å². The molecule has 0 radical (unpaired) electrons. The molecule has 0 aliphatic rings. The summed E-state index contributed by atoms with van der Waals surface area (Å²) >= 11 is 0. The number of halogens is 1. The van der Waals surface area contributed by atoms with Gasteiger partial charge in [-0.1, -0.05) is 48.5 Å². The maximum Gasteiger partial charge on any atom is 0.191 e. The first-order valence-electron chi connectivity index (χ1n) is 9.22. The zero-order valence-corrected chi connectivity index (χ0v) is 19.1. The van der Waals surface area contributed by atoms with Gasteiger partial charge in [-0.05, 0) is 44.0 Å². The fraction of sp³-hybridized carbons (Fsp3) is 0.273. The Morgan fingerprint density at radius 2 is 1.75 bits per heavy atom. The molecular weight excluding hydrogens is 461 g/mol. The summed E-state index contributed by atoms with van der Waals surface area (Å²) in [6.45, 7) is 6.88. The third-order valence-electron chi connectivity index (χ3n) is 4.55. The van der Waals surface area contributed by atoms with Gasteiger partial charge < -0.3 is 10.6 Å². The molecule has 1 atom stereocenters. The number of benzene rings is 2. The van der Waals surface area contributed by atoms with Crippen LogP contribution in [0.5, 0.6) is 0 Å². The molecule has 0 fully saturated rings. The Morgan fingerprint density at radius 1 is 1.07 bits per heavy atom. The van der Waals surface area contributed by atoms with E-state index in [0.29, 0.717) is 6.54 Å². The molecule has 1 unspecified atom stereocenters. The molecule has 5 nitrogen and oxygen atoms in total. The SMILES string of the molecule is CN=C(NCc1ccccc1-n1nc(C)cc1C)NC(C)c1ccccc1.I. The third kappa shape index (κ3) is 5.34. The fourth-order valence-corrected chi connectivity index (χ4v) is 3.14. The molecule has 0 saturated heterocycles. The minimum absolute atomic E-state index is 0. The van der Waals surface area contributed by atoms with Crippen LogP contribution in [-0.4, -0.2) is 22.8 Å². The summed E-state index contributed by atoms with van der Waals surface area (Å²) in [7, 11) is 1.79. The van der Waals surface area contributed by atoms with E-state index < -0.39 is 0 Å². The Labute approximate surface area is 184 Å². The molecule has 6 heteroatoms. The Hall–Kier alpha value is -2.35. The van der Waals surface area contributed by atoms with Gasteiger partial charge in [-0.25, -0.2) is 4.68 Å². The Morgan fingerprint density at radius 3 is 2.39 bits per heavy atom. The quantitative estimate of drug-likeness (QED) is 0.315. The fourth-order valence-electron chi connectivity index (χ4n) is 3.14. The molecule has 2 N–H and O–H groups in total. The van der Waals surface area contributed by atoms with Gasteiger partial charge >= 0.3 is 0 Å². The minimum Gasteiger partial charge on any atom is -0.352 e. The maximum atomic E-state index is 4.62. The van der Waals surface area contributed by atoms with Crippen LogP contribution in [0.3, 0.4) is 0 Å². The van der Waals surface area contributed by atoms with E-state index in [9.17, 15) is 0 Å². The second-order valence-electron chi connectivity index (χ2n) is 6.67. The van der Waals surface area contributed by atoms with Crippen molar-refractivity contribution in [3.8, 4) is 5.69 Å². The van der Waals surface area contributed by atoms with Gasteiger partial charge in [0.1, 0.15) is 0 Å². The Kier molecular flexibility index (Phi) is 8.04. The molecule has 3 rings (SSSR count). The third-order valence-corrected chi connectivity index (χ3v) is 4.55. The molecule has 1 aromatic heterocycles. The molecule has 1 heterocycles. The number of rotatable bonds is 5. The highest BCUT2D eigenvalue weighted by Gasteiger charge is 2.11. The topological polar surface area (TPSA) is 54.2 Å². The molecule has 0 aliphatic heterocycles. The highest BCUT2D eigenvalue weighted by atomic mass is 127. The number of aryl methyl sites for hydroxylation is 2. The van der Waals surface area contributed by atoms with Crippen molar-refractivity contribution >= 4 is 29.9 Å². The molecule has 0 aliphatic carbocycles. The largest absolute Gasteiger partial charge is 0.352 e. The summed E-state index contributed by atoms with van der Waals surface area (Å²) in [6, 6.07) is 20.9. The lowest BCUT2D eigenvalue weighted by molar-refractivity contribution is 0.684. The summed E-state index contributed by atoms with van der Waals surface area (Å²) in [6.07, 6.45) is 0. The smallest absolute Gasteiger partial charge is 0.191 e. The summed E-state index contributed by atoms with van der Waals surface area (Å²) in [5, 5.41) is 11.5. The van der Waals surface area contributed by atoms with Gasteiger partial charge in [-0.3, -0.25) is 4.99 Å². The monoisotopic (exact) mass is 489 g/mol. The average molecular weight is 489 g/mol. The molecule has 148 valence electrons. The number of hydrogen-bond acceptors (Lipinski definition) is 2. The van der Waals surface area contributed by atoms with Crippen molar-refractivity contribution in [3.05, 3.63) is 83.2 Å². The molecule has 0 spiro atoms. The van der Waals surface area contributed by atoms with Crippen molar-refractivity contribution in [2.24, 2.45) is 4.99 Å². The van der Waals surface area contributed by atoms with Gasteiger partial charge in [0.05, 0.1) is 17.4 Å². The van der Waals surface area contributed by atoms with Gasteiger partial charge in [0.25, 0.3) is 0 Å². The number of aliphatic imine (C=N–C) groups is 1. The van der Waals surface area contributed by atoms with E-state index in [2.05, 4.69) is 71.0 Å². The average Bonchev–Trinajstić information content (AvgIpc) is 3.03. The summed E-state index contributed by atoms with van der Waals surface area (Å²) in [4.78, 5) is 4.36. The lowest BCUT2D eigenvalue weighted by Gasteiger charge is -2.19. The Balaban J connectivity index is 0.00000280. The Bertz CT molecular complexity index is 918. The van der Waals surface area contributed by atoms with Crippen LogP contribution in [-0.2, 0) is 6.54 Å². The number of guanidine groups is 1. The van der Waals surface area contributed by atoms with Crippen molar-refractivity contribution in [2.75, 3.05) is 7.05 Å². The number of aromatic nitrogens is 2. The lowest BCUT2D eigenvalue weighted by Crippen LogP contribution is -2.38. The van der Waals surface area contributed by atoms with Crippen LogP contribution >= 0.6 is 24.0 Å².